The Balaban J connectivity index is 2.55. The molecule has 1 heterocycles. The molecular weight excluding hydrogens is 147 g/mol. The van der Waals surface area contributed by atoms with Gasteiger partial charge in [0.2, 0.25) is 0 Å². The second-order valence-corrected chi connectivity index (χ2v) is 1.95. The van der Waals surface area contributed by atoms with Crippen LogP contribution in [-0.2, 0) is 4.79 Å². The highest BCUT2D eigenvalue weighted by atomic mass is 19.1. The van der Waals surface area contributed by atoms with Crippen LogP contribution < -0.4 is 0 Å². The van der Waals surface area contributed by atoms with Crippen molar-refractivity contribution in [1.82, 2.24) is 0 Å². The van der Waals surface area contributed by atoms with Crippen LogP contribution in [0.15, 0.2) is 28.9 Å². The molecular formula is C8H7FO2. The lowest BCUT2D eigenvalue weighted by atomic mass is 10.3. The van der Waals surface area contributed by atoms with Crippen molar-refractivity contribution < 1.29 is 13.6 Å². The number of allylic oxidation sites excluding steroid dienone is 1. The first-order valence-corrected chi connectivity index (χ1v) is 3.13. The Morgan fingerprint density at radius 2 is 2.55 bits per heavy atom. The van der Waals surface area contributed by atoms with Gasteiger partial charge < -0.3 is 4.42 Å². The van der Waals surface area contributed by atoms with E-state index in [1.165, 1.54) is 12.3 Å². The standard InChI is InChI=1S/C8H7FO2/c9-6-7(10)3-4-8-2-1-5-11-8/h1-5H,6H2/b4-3+. The van der Waals surface area contributed by atoms with Gasteiger partial charge in [0, 0.05) is 0 Å². The van der Waals surface area contributed by atoms with Crippen LogP contribution in [0.25, 0.3) is 6.08 Å². The number of rotatable bonds is 3. The lowest BCUT2D eigenvalue weighted by molar-refractivity contribution is -0.115. The van der Waals surface area contributed by atoms with Gasteiger partial charge in [0.05, 0.1) is 6.26 Å². The van der Waals surface area contributed by atoms with Crippen LogP contribution in [0.2, 0.25) is 0 Å². The number of furan rings is 1. The van der Waals surface area contributed by atoms with Crippen LogP contribution in [0.4, 0.5) is 4.39 Å². The largest absolute Gasteiger partial charge is 0.465 e. The third-order valence-corrected chi connectivity index (χ3v) is 1.11. The minimum Gasteiger partial charge on any atom is -0.465 e. The molecule has 0 spiro atoms. The molecule has 0 aliphatic heterocycles. The number of hydrogen-bond acceptors (Lipinski definition) is 2. The van der Waals surface area contributed by atoms with E-state index in [1.54, 1.807) is 12.1 Å². The first kappa shape index (κ1) is 7.72. The Labute approximate surface area is 63.3 Å². The van der Waals surface area contributed by atoms with E-state index < -0.39 is 12.5 Å². The average Bonchev–Trinajstić information content (AvgIpc) is 2.52. The van der Waals surface area contributed by atoms with E-state index in [1.807, 2.05) is 0 Å². The summed E-state index contributed by atoms with van der Waals surface area (Å²) < 4.78 is 16.5. The maximum atomic E-state index is 11.6. The zero-order chi connectivity index (χ0) is 8.10. The summed E-state index contributed by atoms with van der Waals surface area (Å²) >= 11 is 0. The van der Waals surface area contributed by atoms with Crippen LogP contribution in [0.3, 0.4) is 0 Å². The van der Waals surface area contributed by atoms with Crippen molar-refractivity contribution in [1.29, 1.82) is 0 Å². The van der Waals surface area contributed by atoms with Crippen LogP contribution in [0, 0.1) is 0 Å². The van der Waals surface area contributed by atoms with E-state index in [9.17, 15) is 9.18 Å². The van der Waals surface area contributed by atoms with Gasteiger partial charge in [0.25, 0.3) is 0 Å². The minimum atomic E-state index is -0.961. The minimum absolute atomic E-state index is 0.548. The summed E-state index contributed by atoms with van der Waals surface area (Å²) in [5.41, 5.74) is 0. The topological polar surface area (TPSA) is 30.2 Å². The first-order valence-electron chi connectivity index (χ1n) is 3.13. The molecule has 1 rings (SSSR count). The molecule has 0 saturated heterocycles. The number of hydrogen-bond donors (Lipinski definition) is 0. The van der Waals surface area contributed by atoms with Gasteiger partial charge in [-0.3, -0.25) is 4.79 Å². The fraction of sp³-hybridized carbons (Fsp3) is 0.125. The maximum Gasteiger partial charge on any atom is 0.186 e. The van der Waals surface area contributed by atoms with Crippen LogP contribution in [0.1, 0.15) is 5.76 Å². The summed E-state index contributed by atoms with van der Waals surface area (Å²) in [6, 6.07) is 3.38. The third kappa shape index (κ3) is 2.37. The molecule has 0 N–H and O–H groups in total. The molecule has 1 aromatic heterocycles. The Morgan fingerprint density at radius 1 is 1.73 bits per heavy atom. The van der Waals surface area contributed by atoms with Crippen LogP contribution >= 0.6 is 0 Å². The average molecular weight is 154 g/mol. The predicted octanol–water partition coefficient (Wildman–Crippen LogP) is 1.83. The molecule has 3 heteroatoms. The summed E-state index contributed by atoms with van der Waals surface area (Å²) in [6.45, 7) is -0.961. The van der Waals surface area contributed by atoms with E-state index in [4.69, 9.17) is 4.42 Å². The smallest absolute Gasteiger partial charge is 0.186 e. The lowest BCUT2D eigenvalue weighted by Crippen LogP contribution is -1.92. The highest BCUT2D eigenvalue weighted by Gasteiger charge is 1.93. The maximum absolute atomic E-state index is 11.6. The summed E-state index contributed by atoms with van der Waals surface area (Å²) in [5, 5.41) is 0. The molecule has 2 nitrogen and oxygen atoms in total. The molecule has 0 bridgehead atoms. The van der Waals surface area contributed by atoms with Crippen LogP contribution in [-0.4, -0.2) is 12.5 Å². The monoisotopic (exact) mass is 154 g/mol. The molecule has 0 unspecified atom stereocenters. The predicted molar refractivity (Wildman–Crippen MR) is 38.7 cm³/mol. The molecule has 0 saturated carbocycles. The lowest BCUT2D eigenvalue weighted by Gasteiger charge is -1.82. The quantitative estimate of drug-likeness (QED) is 0.621. The number of ketones is 1. The summed E-state index contributed by atoms with van der Waals surface area (Å²) in [5.74, 6) is -0.00630. The number of carbonyl (C=O) groups is 1. The number of halogens is 1. The first-order chi connectivity index (χ1) is 5.33. The third-order valence-electron chi connectivity index (χ3n) is 1.11. The van der Waals surface area contributed by atoms with Crippen molar-refractivity contribution in [3.8, 4) is 0 Å². The van der Waals surface area contributed by atoms with E-state index in [2.05, 4.69) is 0 Å². The Morgan fingerprint density at radius 3 is 3.09 bits per heavy atom. The zero-order valence-electron chi connectivity index (χ0n) is 5.79. The van der Waals surface area contributed by atoms with Gasteiger partial charge in [0.1, 0.15) is 5.76 Å². The normalized spacial score (nSPS) is 10.6. The number of alkyl halides is 1. The van der Waals surface area contributed by atoms with E-state index in [0.29, 0.717) is 5.76 Å². The second-order valence-electron chi connectivity index (χ2n) is 1.95. The second kappa shape index (κ2) is 3.71. The van der Waals surface area contributed by atoms with Gasteiger partial charge in [-0.15, -0.1) is 0 Å². The highest BCUT2D eigenvalue weighted by Crippen LogP contribution is 2.01. The van der Waals surface area contributed by atoms with Crippen molar-refractivity contribution in [3.05, 3.63) is 30.2 Å². The molecule has 0 aromatic carbocycles. The van der Waals surface area contributed by atoms with Crippen molar-refractivity contribution in [2.45, 2.75) is 0 Å². The Bertz CT molecular complexity index is 249. The van der Waals surface area contributed by atoms with E-state index >= 15 is 0 Å². The van der Waals surface area contributed by atoms with Crippen molar-refractivity contribution in [2.75, 3.05) is 6.67 Å². The van der Waals surface area contributed by atoms with Gasteiger partial charge in [-0.1, -0.05) is 0 Å². The zero-order valence-corrected chi connectivity index (χ0v) is 5.79. The Kier molecular flexibility index (Phi) is 2.60. The van der Waals surface area contributed by atoms with E-state index in [0.717, 1.165) is 6.08 Å². The fourth-order valence-electron chi connectivity index (χ4n) is 0.606. The van der Waals surface area contributed by atoms with Crippen molar-refractivity contribution in [3.63, 3.8) is 0 Å². The molecule has 0 aliphatic carbocycles. The SMILES string of the molecule is O=C(/C=C/c1ccco1)CF. The molecule has 58 valence electrons. The molecule has 1 aromatic rings. The van der Waals surface area contributed by atoms with Crippen molar-refractivity contribution in [2.24, 2.45) is 0 Å². The van der Waals surface area contributed by atoms with Gasteiger partial charge in [-0.25, -0.2) is 4.39 Å². The highest BCUT2D eigenvalue weighted by molar-refractivity contribution is 5.94. The molecule has 0 aliphatic rings. The molecule has 0 radical (unpaired) electrons. The van der Waals surface area contributed by atoms with E-state index in [-0.39, 0.29) is 0 Å². The van der Waals surface area contributed by atoms with Gasteiger partial charge in [-0.05, 0) is 24.3 Å². The molecule has 0 amide bonds. The number of carbonyl (C=O) groups excluding carboxylic acids is 1. The molecule has 0 fully saturated rings. The summed E-state index contributed by atoms with van der Waals surface area (Å²) in [7, 11) is 0. The van der Waals surface area contributed by atoms with Gasteiger partial charge in [-0.2, -0.15) is 0 Å². The molecule has 11 heavy (non-hydrogen) atoms. The van der Waals surface area contributed by atoms with Gasteiger partial charge >= 0.3 is 0 Å². The summed E-state index contributed by atoms with van der Waals surface area (Å²) in [4.78, 5) is 10.4. The molecule has 0 atom stereocenters. The summed E-state index contributed by atoms with van der Waals surface area (Å²) in [6.07, 6.45) is 4.07. The Hall–Kier alpha value is -1.38. The van der Waals surface area contributed by atoms with Crippen molar-refractivity contribution >= 4 is 11.9 Å². The van der Waals surface area contributed by atoms with Gasteiger partial charge in [0.15, 0.2) is 12.5 Å². The van der Waals surface area contributed by atoms with Crippen LogP contribution in [0.5, 0.6) is 0 Å². The fourth-order valence-corrected chi connectivity index (χ4v) is 0.606.